The zero-order chi connectivity index (χ0) is 35.7. The lowest BCUT2D eigenvalue weighted by Gasteiger charge is -2.35. The summed E-state index contributed by atoms with van der Waals surface area (Å²) in [5, 5.41) is 3.11. The summed E-state index contributed by atoms with van der Waals surface area (Å²) in [6.45, 7) is 5.62. The van der Waals surface area contributed by atoms with Crippen molar-refractivity contribution in [3.05, 3.63) is 113 Å². The summed E-state index contributed by atoms with van der Waals surface area (Å²) in [6, 6.07) is 25.9. The van der Waals surface area contributed by atoms with Crippen molar-refractivity contribution >= 4 is 50.8 Å². The van der Waals surface area contributed by atoms with Gasteiger partial charge in [-0.25, -0.2) is 17.9 Å². The van der Waals surface area contributed by atoms with Crippen molar-refractivity contribution in [3.63, 3.8) is 0 Å². The van der Waals surface area contributed by atoms with Gasteiger partial charge >= 0.3 is 6.03 Å². The molecule has 0 aromatic heterocycles. The first-order valence-electron chi connectivity index (χ1n) is 17.1. The predicted octanol–water partition coefficient (Wildman–Crippen LogP) is 8.43. The van der Waals surface area contributed by atoms with E-state index >= 15 is 0 Å². The van der Waals surface area contributed by atoms with Crippen LogP contribution in [0.4, 0.5) is 16.2 Å². The predicted molar refractivity (Wildman–Crippen MR) is 199 cm³/mol. The molecule has 0 aliphatic carbocycles. The molecule has 0 unspecified atom stereocenters. The van der Waals surface area contributed by atoms with Gasteiger partial charge in [0.2, 0.25) is 5.91 Å². The van der Waals surface area contributed by atoms with Gasteiger partial charge in [0.25, 0.3) is 15.9 Å². The van der Waals surface area contributed by atoms with Crippen molar-refractivity contribution in [2.45, 2.75) is 70.2 Å². The Bertz CT molecular complexity index is 1950. The summed E-state index contributed by atoms with van der Waals surface area (Å²) in [5.74, 6) is -0.866. The number of anilines is 2. The number of fused-ring (bicyclic) bond motifs is 1. The highest BCUT2D eigenvalue weighted by atomic mass is 35.5. The van der Waals surface area contributed by atoms with Crippen LogP contribution in [-0.4, -0.2) is 44.3 Å². The Morgan fingerprint density at radius 2 is 1.62 bits per heavy atom. The van der Waals surface area contributed by atoms with Gasteiger partial charge in [-0.2, -0.15) is 0 Å². The van der Waals surface area contributed by atoms with Gasteiger partial charge in [0, 0.05) is 37.3 Å². The lowest BCUT2D eigenvalue weighted by atomic mass is 10.0. The number of urea groups is 1. The quantitative estimate of drug-likeness (QED) is 0.135. The SMILES string of the molecule is CCCCCN(Cc1ccc(-c2ccccc2S(=O)(=O)NC(=O)c2ccccc2Cl)cc1)C(=O)N1CCCc2ccc(NC(=O)CCC)cc21. The van der Waals surface area contributed by atoms with Crippen LogP contribution in [0.5, 0.6) is 0 Å². The van der Waals surface area contributed by atoms with Crippen LogP contribution in [0.1, 0.15) is 73.9 Å². The van der Waals surface area contributed by atoms with Gasteiger partial charge in [-0.1, -0.05) is 99.0 Å². The van der Waals surface area contributed by atoms with Gasteiger partial charge in [-0.05, 0) is 72.7 Å². The van der Waals surface area contributed by atoms with E-state index in [9.17, 15) is 22.8 Å². The molecule has 1 heterocycles. The monoisotopic (exact) mass is 714 g/mol. The number of nitrogens with one attached hydrogen (secondary N) is 2. The number of hydrogen-bond acceptors (Lipinski definition) is 5. The second-order valence-corrected chi connectivity index (χ2v) is 14.5. The molecular weight excluding hydrogens is 672 g/mol. The van der Waals surface area contributed by atoms with Crippen molar-refractivity contribution in [1.29, 1.82) is 0 Å². The average Bonchev–Trinajstić information content (AvgIpc) is 3.11. The normalized spacial score (nSPS) is 12.6. The number of nitrogens with zero attached hydrogens (tertiary/aromatic N) is 2. The van der Waals surface area contributed by atoms with E-state index in [1.165, 1.54) is 18.2 Å². The van der Waals surface area contributed by atoms with Crippen LogP contribution in [0.25, 0.3) is 11.1 Å². The number of sulfonamides is 1. The fourth-order valence-electron chi connectivity index (χ4n) is 6.09. The molecule has 9 nitrogen and oxygen atoms in total. The van der Waals surface area contributed by atoms with Crippen LogP contribution in [-0.2, 0) is 27.8 Å². The summed E-state index contributed by atoms with van der Waals surface area (Å²) in [5.41, 5.74) is 4.61. The molecule has 0 saturated heterocycles. The molecule has 0 spiro atoms. The Balaban J connectivity index is 1.36. The maximum absolute atomic E-state index is 14.2. The molecule has 5 rings (SSSR count). The summed E-state index contributed by atoms with van der Waals surface area (Å²) in [4.78, 5) is 43.0. The number of hydrogen-bond donors (Lipinski definition) is 2. The molecule has 11 heteroatoms. The molecule has 1 aliphatic rings. The molecular formula is C39H43ClN4O5S. The average molecular weight is 715 g/mol. The van der Waals surface area contributed by atoms with E-state index in [0.29, 0.717) is 42.9 Å². The van der Waals surface area contributed by atoms with Crippen molar-refractivity contribution in [2.75, 3.05) is 23.3 Å². The summed E-state index contributed by atoms with van der Waals surface area (Å²) >= 11 is 6.13. The fraction of sp³-hybridized carbons (Fsp3) is 0.308. The lowest BCUT2D eigenvalue weighted by molar-refractivity contribution is -0.116. The molecule has 4 aromatic carbocycles. The van der Waals surface area contributed by atoms with E-state index in [1.807, 2.05) is 59.2 Å². The van der Waals surface area contributed by atoms with Gasteiger partial charge in [-0.15, -0.1) is 0 Å². The Kier molecular flexibility index (Phi) is 12.3. The molecule has 262 valence electrons. The number of carbonyl (C=O) groups excluding carboxylic acids is 3. The van der Waals surface area contributed by atoms with Gasteiger partial charge < -0.3 is 10.2 Å². The van der Waals surface area contributed by atoms with Gasteiger partial charge in [0.15, 0.2) is 0 Å². The van der Waals surface area contributed by atoms with Crippen LogP contribution in [0.2, 0.25) is 5.02 Å². The fourth-order valence-corrected chi connectivity index (χ4v) is 7.51. The first kappa shape index (κ1) is 36.6. The van der Waals surface area contributed by atoms with Gasteiger partial charge in [-0.3, -0.25) is 14.5 Å². The standard InChI is InChI=1S/C39H43ClN4O5S/c1-3-5-10-24-43(39(47)44-25-11-13-30-22-23-31(26-35(30)44)41-37(45)12-4-2)27-28-18-20-29(21-19-28)32-14-7-9-17-36(32)50(48,49)42-38(46)33-15-6-8-16-34(33)40/h6-9,14-23,26H,3-5,10-13,24-25,27H2,1-2H3,(H,41,45)(H,42,46). The first-order chi connectivity index (χ1) is 24.1. The second kappa shape index (κ2) is 16.8. The summed E-state index contributed by atoms with van der Waals surface area (Å²) < 4.78 is 29.0. The molecule has 1 aliphatic heterocycles. The van der Waals surface area contributed by atoms with Crippen LogP contribution in [0.15, 0.2) is 95.9 Å². The number of carbonyl (C=O) groups is 3. The van der Waals surface area contributed by atoms with E-state index in [0.717, 1.165) is 55.3 Å². The first-order valence-corrected chi connectivity index (χ1v) is 19.0. The molecule has 0 saturated carbocycles. The second-order valence-electron chi connectivity index (χ2n) is 12.4. The van der Waals surface area contributed by atoms with Crippen LogP contribution in [0, 0.1) is 0 Å². The Morgan fingerprint density at radius 3 is 2.36 bits per heavy atom. The largest absolute Gasteiger partial charge is 0.326 e. The van der Waals surface area contributed by atoms with Crippen LogP contribution < -0.4 is 14.9 Å². The third-order valence-corrected chi connectivity index (χ3v) is 10.4. The van der Waals surface area contributed by atoms with Gasteiger partial charge in [0.05, 0.1) is 21.2 Å². The number of rotatable bonds is 13. The van der Waals surface area contributed by atoms with E-state index in [2.05, 4.69) is 17.0 Å². The molecule has 0 bridgehead atoms. The van der Waals surface area contributed by atoms with Crippen molar-refractivity contribution < 1.29 is 22.8 Å². The third-order valence-electron chi connectivity index (χ3n) is 8.66. The highest BCUT2D eigenvalue weighted by Gasteiger charge is 2.28. The number of amides is 4. The van der Waals surface area contributed by atoms with Crippen molar-refractivity contribution in [3.8, 4) is 11.1 Å². The van der Waals surface area contributed by atoms with E-state index in [-0.39, 0.29) is 27.4 Å². The molecule has 4 amide bonds. The molecule has 4 aromatic rings. The minimum absolute atomic E-state index is 0.0430. The highest BCUT2D eigenvalue weighted by molar-refractivity contribution is 7.90. The van der Waals surface area contributed by atoms with E-state index in [1.54, 1.807) is 30.3 Å². The van der Waals surface area contributed by atoms with Crippen molar-refractivity contribution in [2.24, 2.45) is 0 Å². The molecule has 2 N–H and O–H groups in total. The Morgan fingerprint density at radius 1 is 0.880 bits per heavy atom. The maximum Gasteiger partial charge on any atom is 0.324 e. The minimum atomic E-state index is -4.25. The molecule has 0 radical (unpaired) electrons. The number of halogens is 1. The third kappa shape index (κ3) is 8.91. The summed E-state index contributed by atoms with van der Waals surface area (Å²) in [6.07, 6.45) is 5.77. The number of benzene rings is 4. The minimum Gasteiger partial charge on any atom is -0.326 e. The zero-order valence-electron chi connectivity index (χ0n) is 28.5. The maximum atomic E-state index is 14.2. The summed E-state index contributed by atoms with van der Waals surface area (Å²) in [7, 11) is -4.25. The van der Waals surface area contributed by atoms with Crippen LogP contribution >= 0.6 is 11.6 Å². The van der Waals surface area contributed by atoms with E-state index < -0.39 is 15.9 Å². The molecule has 0 fully saturated rings. The topological polar surface area (TPSA) is 116 Å². The number of aryl methyl sites for hydroxylation is 1. The lowest BCUT2D eigenvalue weighted by Crippen LogP contribution is -2.45. The van der Waals surface area contributed by atoms with Crippen LogP contribution in [0.3, 0.4) is 0 Å². The van der Waals surface area contributed by atoms with E-state index in [4.69, 9.17) is 11.6 Å². The number of unbranched alkanes of at least 4 members (excludes halogenated alkanes) is 2. The highest BCUT2D eigenvalue weighted by Crippen LogP contribution is 2.32. The molecule has 0 atom stereocenters. The molecule has 50 heavy (non-hydrogen) atoms. The van der Waals surface area contributed by atoms with Crippen molar-refractivity contribution in [1.82, 2.24) is 9.62 Å². The smallest absolute Gasteiger partial charge is 0.324 e. The Labute approximate surface area is 299 Å². The zero-order valence-corrected chi connectivity index (χ0v) is 30.0. The van der Waals surface area contributed by atoms with Gasteiger partial charge in [0.1, 0.15) is 0 Å². The Hall–Kier alpha value is -4.67.